The lowest BCUT2D eigenvalue weighted by Crippen LogP contribution is -2.51. The van der Waals surface area contributed by atoms with Gasteiger partial charge >= 0.3 is 5.97 Å². The first kappa shape index (κ1) is 23.9. The van der Waals surface area contributed by atoms with E-state index in [2.05, 4.69) is 0 Å². The normalized spacial score (nSPS) is 14.9. The van der Waals surface area contributed by atoms with Crippen LogP contribution in [0.5, 0.6) is 0 Å². The molecule has 0 spiro atoms. The average Bonchev–Trinajstić information content (AvgIpc) is 2.81. The minimum Gasteiger partial charge on any atom is -0.452 e. The largest absolute Gasteiger partial charge is 0.452 e. The van der Waals surface area contributed by atoms with Crippen molar-refractivity contribution in [1.82, 2.24) is 9.21 Å². The van der Waals surface area contributed by atoms with Crippen LogP contribution >= 0.6 is 0 Å². The lowest BCUT2D eigenvalue weighted by molar-refractivity contribution is -0.135. The van der Waals surface area contributed by atoms with E-state index >= 15 is 0 Å². The van der Waals surface area contributed by atoms with Crippen LogP contribution in [0.4, 0.5) is 0 Å². The molecule has 4 rings (SSSR count). The number of carbonyl (C=O) groups is 2. The molecule has 0 aliphatic carbocycles. The summed E-state index contributed by atoms with van der Waals surface area (Å²) in [6, 6.07) is 16.5. The van der Waals surface area contributed by atoms with E-state index in [1.165, 1.54) is 9.21 Å². The van der Waals surface area contributed by atoms with Gasteiger partial charge in [0.1, 0.15) is 0 Å². The number of carbonyl (C=O) groups excluding carboxylic acids is 2. The van der Waals surface area contributed by atoms with Crippen LogP contribution < -0.4 is 0 Å². The summed E-state index contributed by atoms with van der Waals surface area (Å²) < 4.78 is 32.9. The van der Waals surface area contributed by atoms with Gasteiger partial charge in [-0.05, 0) is 54.8 Å². The predicted molar refractivity (Wildman–Crippen MR) is 130 cm³/mol. The van der Waals surface area contributed by atoms with Gasteiger partial charge in [-0.15, -0.1) is 0 Å². The van der Waals surface area contributed by atoms with Gasteiger partial charge in [-0.3, -0.25) is 4.79 Å². The van der Waals surface area contributed by atoms with E-state index in [4.69, 9.17) is 4.74 Å². The highest BCUT2D eigenvalue weighted by molar-refractivity contribution is 7.89. The Labute approximate surface area is 200 Å². The number of amides is 1. The van der Waals surface area contributed by atoms with Gasteiger partial charge < -0.3 is 9.64 Å². The molecular formula is C26H28N2O5S. The molecule has 8 heteroatoms. The van der Waals surface area contributed by atoms with Crippen LogP contribution in [0.1, 0.15) is 27.0 Å². The summed E-state index contributed by atoms with van der Waals surface area (Å²) in [6.07, 6.45) is 0. The summed E-state index contributed by atoms with van der Waals surface area (Å²) in [5.41, 5.74) is 3.15. The molecule has 1 amide bonds. The average molecular weight is 481 g/mol. The number of fused-ring (bicyclic) bond motifs is 1. The Bertz CT molecular complexity index is 1340. The SMILES string of the molecule is Cc1cc(C)c(C(=O)OCC(=O)N2CCN(S(=O)(=O)c3ccc4ccccc4c3)CC2)c(C)c1. The number of sulfonamides is 1. The number of piperazine rings is 1. The molecule has 3 aromatic rings. The quantitative estimate of drug-likeness (QED) is 0.523. The number of benzene rings is 3. The number of rotatable bonds is 5. The summed E-state index contributed by atoms with van der Waals surface area (Å²) >= 11 is 0. The monoisotopic (exact) mass is 480 g/mol. The molecule has 0 radical (unpaired) electrons. The van der Waals surface area contributed by atoms with Gasteiger partial charge in [0.05, 0.1) is 10.5 Å². The topological polar surface area (TPSA) is 84.0 Å². The highest BCUT2D eigenvalue weighted by atomic mass is 32.2. The van der Waals surface area contributed by atoms with Crippen LogP contribution in [0.3, 0.4) is 0 Å². The van der Waals surface area contributed by atoms with Crippen LogP contribution in [0.15, 0.2) is 59.5 Å². The van der Waals surface area contributed by atoms with Gasteiger partial charge in [-0.2, -0.15) is 4.31 Å². The molecule has 1 aliphatic heterocycles. The van der Waals surface area contributed by atoms with Crippen LogP contribution in [0.2, 0.25) is 0 Å². The third kappa shape index (κ3) is 4.83. The summed E-state index contributed by atoms with van der Waals surface area (Å²) in [5, 5.41) is 1.83. The van der Waals surface area contributed by atoms with Crippen molar-refractivity contribution in [2.75, 3.05) is 32.8 Å². The van der Waals surface area contributed by atoms with Crippen molar-refractivity contribution in [3.63, 3.8) is 0 Å². The number of hydrogen-bond acceptors (Lipinski definition) is 5. The highest BCUT2D eigenvalue weighted by Crippen LogP contribution is 2.23. The van der Waals surface area contributed by atoms with Crippen LogP contribution in [0.25, 0.3) is 10.8 Å². The van der Waals surface area contributed by atoms with Crippen LogP contribution in [-0.2, 0) is 19.6 Å². The Hall–Kier alpha value is -3.23. The van der Waals surface area contributed by atoms with Crippen molar-refractivity contribution in [3.8, 4) is 0 Å². The van der Waals surface area contributed by atoms with E-state index in [-0.39, 0.29) is 43.6 Å². The molecule has 1 fully saturated rings. The number of ether oxygens (including phenoxy) is 1. The zero-order valence-corrected chi connectivity index (χ0v) is 20.4. The molecule has 7 nitrogen and oxygen atoms in total. The first-order chi connectivity index (χ1) is 16.2. The lowest BCUT2D eigenvalue weighted by Gasteiger charge is -2.34. The maximum atomic E-state index is 13.1. The molecule has 0 unspecified atom stereocenters. The first-order valence-electron chi connectivity index (χ1n) is 11.2. The second-order valence-electron chi connectivity index (χ2n) is 8.64. The van der Waals surface area contributed by atoms with E-state index in [9.17, 15) is 18.0 Å². The van der Waals surface area contributed by atoms with Crippen molar-refractivity contribution >= 4 is 32.7 Å². The zero-order chi connectivity index (χ0) is 24.5. The van der Waals surface area contributed by atoms with E-state index < -0.39 is 16.0 Å². The van der Waals surface area contributed by atoms with Crippen LogP contribution in [-0.4, -0.2) is 62.3 Å². The van der Waals surface area contributed by atoms with E-state index in [0.29, 0.717) is 5.56 Å². The second kappa shape index (κ2) is 9.56. The fourth-order valence-electron chi connectivity index (χ4n) is 4.45. The highest BCUT2D eigenvalue weighted by Gasteiger charge is 2.30. The molecule has 0 aromatic heterocycles. The molecular weight excluding hydrogens is 452 g/mol. The van der Waals surface area contributed by atoms with Gasteiger partial charge in [-0.25, -0.2) is 13.2 Å². The van der Waals surface area contributed by atoms with E-state index in [0.717, 1.165) is 27.5 Å². The minimum absolute atomic E-state index is 0.186. The van der Waals surface area contributed by atoms with Crippen molar-refractivity contribution in [2.45, 2.75) is 25.7 Å². The summed E-state index contributed by atoms with van der Waals surface area (Å²) in [6.45, 7) is 6.12. The number of esters is 1. The molecule has 0 saturated carbocycles. The third-order valence-corrected chi connectivity index (χ3v) is 8.05. The van der Waals surface area contributed by atoms with Gasteiger partial charge in [0.25, 0.3) is 5.91 Å². The maximum absolute atomic E-state index is 13.1. The van der Waals surface area contributed by atoms with Crippen LogP contribution in [0, 0.1) is 20.8 Å². The summed E-state index contributed by atoms with van der Waals surface area (Å²) in [5.74, 6) is -0.862. The maximum Gasteiger partial charge on any atom is 0.339 e. The smallest absolute Gasteiger partial charge is 0.339 e. The Morgan fingerprint density at radius 1 is 0.853 bits per heavy atom. The third-order valence-electron chi connectivity index (χ3n) is 6.16. The minimum atomic E-state index is -3.67. The Kier molecular flexibility index (Phi) is 6.72. The summed E-state index contributed by atoms with van der Waals surface area (Å²) in [4.78, 5) is 26.9. The van der Waals surface area contributed by atoms with E-state index in [1.54, 1.807) is 18.2 Å². The van der Waals surface area contributed by atoms with Gasteiger partial charge in [0, 0.05) is 26.2 Å². The Morgan fingerprint density at radius 2 is 1.47 bits per heavy atom. The number of nitrogens with zero attached hydrogens (tertiary/aromatic N) is 2. The molecule has 0 N–H and O–H groups in total. The molecule has 1 saturated heterocycles. The fourth-order valence-corrected chi connectivity index (χ4v) is 5.91. The van der Waals surface area contributed by atoms with Crippen molar-refractivity contribution < 1.29 is 22.7 Å². The molecule has 0 bridgehead atoms. The van der Waals surface area contributed by atoms with Gasteiger partial charge in [-0.1, -0.05) is 48.0 Å². The van der Waals surface area contributed by atoms with Crippen molar-refractivity contribution in [1.29, 1.82) is 0 Å². The molecule has 34 heavy (non-hydrogen) atoms. The molecule has 1 heterocycles. The predicted octanol–water partition coefficient (Wildman–Crippen LogP) is 3.45. The summed E-state index contributed by atoms with van der Waals surface area (Å²) in [7, 11) is -3.67. The Balaban J connectivity index is 1.35. The van der Waals surface area contributed by atoms with Gasteiger partial charge in [0.15, 0.2) is 6.61 Å². The van der Waals surface area contributed by atoms with Crippen molar-refractivity contribution in [3.05, 3.63) is 76.9 Å². The van der Waals surface area contributed by atoms with Gasteiger partial charge in [0.2, 0.25) is 10.0 Å². The van der Waals surface area contributed by atoms with Crippen molar-refractivity contribution in [2.24, 2.45) is 0 Å². The van der Waals surface area contributed by atoms with E-state index in [1.807, 2.05) is 57.2 Å². The fraction of sp³-hybridized carbons (Fsp3) is 0.308. The second-order valence-corrected chi connectivity index (χ2v) is 10.6. The standard InChI is InChI=1S/C26H28N2O5S/c1-18-14-19(2)25(20(3)15-18)26(30)33-17-24(29)27-10-12-28(13-11-27)34(31,32)23-9-8-21-6-4-5-7-22(21)16-23/h4-9,14-16H,10-13,17H2,1-3H3. The lowest BCUT2D eigenvalue weighted by atomic mass is 10.00. The molecule has 0 atom stereocenters. The number of hydrogen-bond donors (Lipinski definition) is 0. The molecule has 3 aromatic carbocycles. The Morgan fingerprint density at radius 3 is 2.12 bits per heavy atom. The molecule has 1 aliphatic rings. The zero-order valence-electron chi connectivity index (χ0n) is 19.6. The first-order valence-corrected chi connectivity index (χ1v) is 12.6. The molecule has 178 valence electrons. The number of aryl methyl sites for hydroxylation is 3.